The van der Waals surface area contributed by atoms with E-state index in [1.807, 2.05) is 18.2 Å². The molecule has 124 valence electrons. The Balaban J connectivity index is 1.81. The molecule has 2 N–H and O–H groups in total. The van der Waals surface area contributed by atoms with Crippen molar-refractivity contribution in [2.24, 2.45) is 0 Å². The molecule has 0 atom stereocenters. The molecular formula is C20H15ClN2O2. The molecule has 5 heteroatoms. The zero-order valence-corrected chi connectivity index (χ0v) is 14.0. The molecule has 0 fully saturated rings. The van der Waals surface area contributed by atoms with Gasteiger partial charge in [0.1, 0.15) is 0 Å². The standard InChI is InChI=1S/C20H15ClN2O2/c21-15-8-6-7-14(13-15)19(24)23-18-12-5-4-11-17(18)20(25)22-16-9-2-1-3-10-16/h1-13H,(H,22,25)(H,23,24). The largest absolute Gasteiger partial charge is 0.322 e. The first-order valence-corrected chi connectivity index (χ1v) is 8.03. The van der Waals surface area contributed by atoms with Gasteiger partial charge in [-0.15, -0.1) is 0 Å². The van der Waals surface area contributed by atoms with Crippen LogP contribution in [0.3, 0.4) is 0 Å². The van der Waals surface area contributed by atoms with Crippen LogP contribution in [0.2, 0.25) is 5.02 Å². The lowest BCUT2D eigenvalue weighted by Crippen LogP contribution is -2.18. The Labute approximate surface area is 150 Å². The van der Waals surface area contributed by atoms with Gasteiger partial charge < -0.3 is 10.6 Å². The van der Waals surface area contributed by atoms with Gasteiger partial charge in [-0.05, 0) is 42.5 Å². The van der Waals surface area contributed by atoms with E-state index in [9.17, 15) is 9.59 Å². The Morgan fingerprint density at radius 3 is 2.20 bits per heavy atom. The lowest BCUT2D eigenvalue weighted by atomic mass is 10.1. The third kappa shape index (κ3) is 4.25. The molecule has 3 aromatic carbocycles. The van der Waals surface area contributed by atoms with E-state index in [0.717, 1.165) is 0 Å². The van der Waals surface area contributed by atoms with Gasteiger partial charge in [0.15, 0.2) is 0 Å². The van der Waals surface area contributed by atoms with Crippen LogP contribution in [-0.2, 0) is 0 Å². The maximum absolute atomic E-state index is 12.5. The van der Waals surface area contributed by atoms with E-state index < -0.39 is 0 Å². The summed E-state index contributed by atoms with van der Waals surface area (Å²) < 4.78 is 0. The summed E-state index contributed by atoms with van der Waals surface area (Å²) in [5.41, 5.74) is 1.91. The van der Waals surface area contributed by atoms with Gasteiger partial charge in [0.05, 0.1) is 11.3 Å². The second-order valence-corrected chi connectivity index (χ2v) is 5.77. The Bertz CT molecular complexity index is 910. The van der Waals surface area contributed by atoms with Crippen LogP contribution in [0.25, 0.3) is 0 Å². The van der Waals surface area contributed by atoms with Gasteiger partial charge in [-0.2, -0.15) is 0 Å². The summed E-state index contributed by atoms with van der Waals surface area (Å²) in [6.45, 7) is 0. The van der Waals surface area contributed by atoms with Crippen molar-refractivity contribution in [1.29, 1.82) is 0 Å². The highest BCUT2D eigenvalue weighted by Gasteiger charge is 2.14. The van der Waals surface area contributed by atoms with Gasteiger partial charge in [-0.25, -0.2) is 0 Å². The summed E-state index contributed by atoms with van der Waals surface area (Å²) in [5.74, 6) is -0.629. The third-order valence-electron chi connectivity index (χ3n) is 3.54. The molecule has 0 aliphatic heterocycles. The van der Waals surface area contributed by atoms with Crippen molar-refractivity contribution in [3.63, 3.8) is 0 Å². The number of hydrogen-bond donors (Lipinski definition) is 2. The smallest absolute Gasteiger partial charge is 0.257 e. The zero-order chi connectivity index (χ0) is 17.6. The topological polar surface area (TPSA) is 58.2 Å². The van der Waals surface area contributed by atoms with Gasteiger partial charge >= 0.3 is 0 Å². The van der Waals surface area contributed by atoms with Crippen molar-refractivity contribution in [1.82, 2.24) is 0 Å². The molecule has 0 spiro atoms. The van der Waals surface area contributed by atoms with Crippen LogP contribution < -0.4 is 10.6 Å². The number of nitrogens with one attached hydrogen (secondary N) is 2. The molecule has 4 nitrogen and oxygen atoms in total. The number of rotatable bonds is 4. The number of halogens is 1. The van der Waals surface area contributed by atoms with Gasteiger partial charge in [0, 0.05) is 16.3 Å². The normalized spacial score (nSPS) is 10.1. The van der Waals surface area contributed by atoms with E-state index in [0.29, 0.717) is 27.5 Å². The van der Waals surface area contributed by atoms with E-state index in [1.165, 1.54) is 0 Å². The van der Waals surface area contributed by atoms with E-state index in [4.69, 9.17) is 11.6 Å². The molecule has 3 aromatic rings. The molecule has 25 heavy (non-hydrogen) atoms. The minimum absolute atomic E-state index is 0.298. The van der Waals surface area contributed by atoms with Crippen LogP contribution in [0.5, 0.6) is 0 Å². The Morgan fingerprint density at radius 1 is 0.720 bits per heavy atom. The van der Waals surface area contributed by atoms with Crippen LogP contribution >= 0.6 is 11.6 Å². The molecule has 0 heterocycles. The highest BCUT2D eigenvalue weighted by Crippen LogP contribution is 2.19. The zero-order valence-electron chi connectivity index (χ0n) is 13.2. The number of para-hydroxylation sites is 2. The molecular weight excluding hydrogens is 336 g/mol. The van der Waals surface area contributed by atoms with E-state index in [2.05, 4.69) is 10.6 Å². The number of benzene rings is 3. The number of amides is 2. The van der Waals surface area contributed by atoms with Crippen molar-refractivity contribution in [3.8, 4) is 0 Å². The van der Waals surface area contributed by atoms with E-state index in [1.54, 1.807) is 60.7 Å². The van der Waals surface area contributed by atoms with Crippen LogP contribution in [0, 0.1) is 0 Å². The fourth-order valence-corrected chi connectivity index (χ4v) is 2.52. The minimum Gasteiger partial charge on any atom is -0.322 e. The Morgan fingerprint density at radius 2 is 1.44 bits per heavy atom. The quantitative estimate of drug-likeness (QED) is 0.707. The number of carbonyl (C=O) groups excluding carboxylic acids is 2. The molecule has 0 aliphatic rings. The molecule has 0 aromatic heterocycles. The maximum atomic E-state index is 12.5. The van der Waals surface area contributed by atoms with Gasteiger partial charge in [-0.3, -0.25) is 9.59 Å². The second kappa shape index (κ2) is 7.64. The van der Waals surface area contributed by atoms with Crippen LogP contribution in [0.1, 0.15) is 20.7 Å². The predicted molar refractivity (Wildman–Crippen MR) is 100 cm³/mol. The van der Waals surface area contributed by atoms with Crippen molar-refractivity contribution in [2.75, 3.05) is 10.6 Å². The highest BCUT2D eigenvalue weighted by atomic mass is 35.5. The average molecular weight is 351 g/mol. The molecule has 0 radical (unpaired) electrons. The summed E-state index contributed by atoms with van der Waals surface area (Å²) >= 11 is 5.92. The first-order chi connectivity index (χ1) is 12.1. The Hall–Kier alpha value is -3.11. The number of carbonyl (C=O) groups is 2. The third-order valence-corrected chi connectivity index (χ3v) is 3.77. The molecule has 0 aliphatic carbocycles. The Kier molecular flexibility index (Phi) is 5.11. The van der Waals surface area contributed by atoms with Crippen molar-refractivity contribution >= 4 is 34.8 Å². The summed E-state index contributed by atoms with van der Waals surface area (Å²) in [5, 5.41) is 6.05. The van der Waals surface area contributed by atoms with E-state index in [-0.39, 0.29) is 11.8 Å². The van der Waals surface area contributed by atoms with Crippen molar-refractivity contribution in [2.45, 2.75) is 0 Å². The fraction of sp³-hybridized carbons (Fsp3) is 0. The second-order valence-electron chi connectivity index (χ2n) is 5.33. The van der Waals surface area contributed by atoms with E-state index >= 15 is 0 Å². The summed E-state index contributed by atoms with van der Waals surface area (Å²) in [6, 6.07) is 22.6. The van der Waals surface area contributed by atoms with Crippen LogP contribution in [0.4, 0.5) is 11.4 Å². The number of hydrogen-bond acceptors (Lipinski definition) is 2. The maximum Gasteiger partial charge on any atom is 0.257 e. The molecule has 0 unspecified atom stereocenters. The van der Waals surface area contributed by atoms with Crippen molar-refractivity contribution in [3.05, 3.63) is 95.0 Å². The van der Waals surface area contributed by atoms with Crippen LogP contribution in [0.15, 0.2) is 78.9 Å². The summed E-state index contributed by atoms with van der Waals surface area (Å²) in [6.07, 6.45) is 0. The van der Waals surface area contributed by atoms with Crippen molar-refractivity contribution < 1.29 is 9.59 Å². The lowest BCUT2D eigenvalue weighted by Gasteiger charge is -2.11. The fourth-order valence-electron chi connectivity index (χ4n) is 2.33. The summed E-state index contributed by atoms with van der Waals surface area (Å²) in [7, 11) is 0. The molecule has 0 saturated carbocycles. The highest BCUT2D eigenvalue weighted by molar-refractivity contribution is 6.31. The monoisotopic (exact) mass is 350 g/mol. The molecule has 0 saturated heterocycles. The molecule has 2 amide bonds. The average Bonchev–Trinajstić information content (AvgIpc) is 2.63. The van der Waals surface area contributed by atoms with Gasteiger partial charge in [0.2, 0.25) is 0 Å². The van der Waals surface area contributed by atoms with Gasteiger partial charge in [-0.1, -0.05) is 48.0 Å². The summed E-state index contributed by atoms with van der Waals surface area (Å²) in [4.78, 5) is 24.9. The van der Waals surface area contributed by atoms with Crippen LogP contribution in [-0.4, -0.2) is 11.8 Å². The predicted octanol–water partition coefficient (Wildman–Crippen LogP) is 4.84. The molecule has 0 bridgehead atoms. The first kappa shape index (κ1) is 16.7. The minimum atomic E-state index is -0.331. The number of anilines is 2. The molecule has 3 rings (SSSR count). The first-order valence-electron chi connectivity index (χ1n) is 7.66. The van der Waals surface area contributed by atoms with Gasteiger partial charge in [0.25, 0.3) is 11.8 Å². The SMILES string of the molecule is O=C(Nc1ccccc1C(=O)Nc1ccccc1)c1cccc(Cl)c1. The lowest BCUT2D eigenvalue weighted by molar-refractivity contribution is 0.102.